The number of carboxylic acid groups (broad SMARTS) is 1. The SMILES string of the molecule is Cl.O=C(O)c1ccccc1.O[C@@H]1CNC[C@H]1F. The van der Waals surface area contributed by atoms with E-state index in [9.17, 15) is 9.18 Å². The zero-order chi connectivity index (χ0) is 12.0. The van der Waals surface area contributed by atoms with Crippen LogP contribution in [0.15, 0.2) is 30.3 Å². The Morgan fingerprint density at radius 3 is 2.12 bits per heavy atom. The van der Waals surface area contributed by atoms with E-state index in [2.05, 4.69) is 5.32 Å². The molecule has 1 saturated heterocycles. The van der Waals surface area contributed by atoms with E-state index in [0.29, 0.717) is 18.7 Å². The third-order valence-corrected chi connectivity index (χ3v) is 2.13. The first-order chi connectivity index (χ1) is 7.61. The smallest absolute Gasteiger partial charge is 0.335 e. The average molecular weight is 264 g/mol. The van der Waals surface area contributed by atoms with Gasteiger partial charge in [-0.3, -0.25) is 0 Å². The molecule has 0 aromatic heterocycles. The maximum absolute atomic E-state index is 12.0. The molecule has 4 nitrogen and oxygen atoms in total. The monoisotopic (exact) mass is 263 g/mol. The Labute approximate surface area is 105 Å². The average Bonchev–Trinajstić information content (AvgIpc) is 2.65. The summed E-state index contributed by atoms with van der Waals surface area (Å²) in [4.78, 5) is 10.2. The molecule has 1 aromatic carbocycles. The van der Waals surface area contributed by atoms with Gasteiger partial charge in [0.1, 0.15) is 6.17 Å². The predicted molar refractivity (Wildman–Crippen MR) is 64.4 cm³/mol. The molecule has 1 fully saturated rings. The third-order valence-electron chi connectivity index (χ3n) is 2.13. The fraction of sp³-hybridized carbons (Fsp3) is 0.364. The highest BCUT2D eigenvalue weighted by molar-refractivity contribution is 5.87. The number of alkyl halides is 1. The summed E-state index contributed by atoms with van der Waals surface area (Å²) in [6, 6.07) is 8.30. The van der Waals surface area contributed by atoms with Crippen LogP contribution in [0.2, 0.25) is 0 Å². The van der Waals surface area contributed by atoms with E-state index in [1.165, 1.54) is 0 Å². The number of aliphatic hydroxyl groups is 1. The van der Waals surface area contributed by atoms with Crippen molar-refractivity contribution < 1.29 is 19.4 Å². The Bertz CT molecular complexity index is 329. The van der Waals surface area contributed by atoms with Crippen molar-refractivity contribution in [3.63, 3.8) is 0 Å². The third kappa shape index (κ3) is 5.63. The van der Waals surface area contributed by atoms with Gasteiger partial charge in [0.15, 0.2) is 0 Å². The normalized spacial score (nSPS) is 22.0. The van der Waals surface area contributed by atoms with Gasteiger partial charge in [-0.25, -0.2) is 9.18 Å². The number of carboxylic acids is 1. The van der Waals surface area contributed by atoms with Gasteiger partial charge in [-0.05, 0) is 12.1 Å². The fourth-order valence-electron chi connectivity index (χ4n) is 1.21. The van der Waals surface area contributed by atoms with Crippen LogP contribution in [0.25, 0.3) is 0 Å². The lowest BCUT2D eigenvalue weighted by atomic mass is 10.2. The number of β-amino-alcohol motifs (C(OH)–C–C–N with tert-alkyl or cyclic N) is 1. The molecule has 1 aromatic rings. The molecule has 0 spiro atoms. The molecular weight excluding hydrogens is 249 g/mol. The molecule has 3 N–H and O–H groups in total. The molecule has 0 amide bonds. The van der Waals surface area contributed by atoms with Crippen LogP contribution in [-0.4, -0.2) is 41.5 Å². The van der Waals surface area contributed by atoms with Crippen LogP contribution in [0.4, 0.5) is 4.39 Å². The highest BCUT2D eigenvalue weighted by atomic mass is 35.5. The maximum atomic E-state index is 12.0. The molecular formula is C11H15ClFNO3. The van der Waals surface area contributed by atoms with Gasteiger partial charge in [0.25, 0.3) is 0 Å². The molecule has 0 radical (unpaired) electrons. The van der Waals surface area contributed by atoms with Gasteiger partial charge in [0.05, 0.1) is 11.7 Å². The molecule has 0 bridgehead atoms. The fourth-order valence-corrected chi connectivity index (χ4v) is 1.21. The lowest BCUT2D eigenvalue weighted by Crippen LogP contribution is -2.17. The van der Waals surface area contributed by atoms with E-state index >= 15 is 0 Å². The van der Waals surface area contributed by atoms with Crippen molar-refractivity contribution in [2.24, 2.45) is 0 Å². The molecule has 0 saturated carbocycles. The Morgan fingerprint density at radius 2 is 1.88 bits per heavy atom. The van der Waals surface area contributed by atoms with Crippen molar-refractivity contribution in [3.05, 3.63) is 35.9 Å². The van der Waals surface area contributed by atoms with Crippen molar-refractivity contribution in [1.29, 1.82) is 0 Å². The zero-order valence-electron chi connectivity index (χ0n) is 9.04. The summed E-state index contributed by atoms with van der Waals surface area (Å²) in [5, 5.41) is 19.6. The molecule has 2 atom stereocenters. The minimum Gasteiger partial charge on any atom is -0.478 e. The summed E-state index contributed by atoms with van der Waals surface area (Å²) < 4.78 is 12.0. The lowest BCUT2D eigenvalue weighted by molar-refractivity contribution is 0.0697. The van der Waals surface area contributed by atoms with E-state index in [1.54, 1.807) is 30.3 Å². The van der Waals surface area contributed by atoms with Crippen LogP contribution in [0.1, 0.15) is 10.4 Å². The topological polar surface area (TPSA) is 69.6 Å². The number of benzene rings is 1. The summed E-state index contributed by atoms with van der Waals surface area (Å²) in [7, 11) is 0. The molecule has 6 heteroatoms. The van der Waals surface area contributed by atoms with Gasteiger partial charge in [-0.15, -0.1) is 12.4 Å². The van der Waals surface area contributed by atoms with Gasteiger partial charge >= 0.3 is 5.97 Å². The Morgan fingerprint density at radius 1 is 1.29 bits per heavy atom. The zero-order valence-corrected chi connectivity index (χ0v) is 9.86. The number of aromatic carboxylic acids is 1. The number of nitrogens with one attached hydrogen (secondary N) is 1. The molecule has 96 valence electrons. The van der Waals surface area contributed by atoms with E-state index in [4.69, 9.17) is 10.2 Å². The van der Waals surface area contributed by atoms with Gasteiger partial charge < -0.3 is 15.5 Å². The number of aliphatic hydroxyl groups excluding tert-OH is 1. The summed E-state index contributed by atoms with van der Waals surface area (Å²) >= 11 is 0. The number of hydrogen-bond donors (Lipinski definition) is 3. The predicted octanol–water partition coefficient (Wildman–Crippen LogP) is 1.10. The summed E-state index contributed by atoms with van der Waals surface area (Å²) in [6.07, 6.45) is -1.81. The number of halogens is 2. The maximum Gasteiger partial charge on any atom is 0.335 e. The molecule has 1 heterocycles. The van der Waals surface area contributed by atoms with Crippen molar-refractivity contribution >= 4 is 18.4 Å². The van der Waals surface area contributed by atoms with E-state index in [1.807, 2.05) is 0 Å². The second-order valence-electron chi connectivity index (χ2n) is 3.41. The molecule has 0 unspecified atom stereocenters. The second-order valence-corrected chi connectivity index (χ2v) is 3.41. The molecule has 17 heavy (non-hydrogen) atoms. The largest absolute Gasteiger partial charge is 0.478 e. The van der Waals surface area contributed by atoms with Crippen LogP contribution < -0.4 is 5.32 Å². The van der Waals surface area contributed by atoms with Crippen LogP contribution in [0, 0.1) is 0 Å². The van der Waals surface area contributed by atoms with Gasteiger partial charge in [0.2, 0.25) is 0 Å². The molecule has 0 aliphatic carbocycles. The first-order valence-corrected chi connectivity index (χ1v) is 4.92. The van der Waals surface area contributed by atoms with Crippen molar-refractivity contribution in [2.45, 2.75) is 12.3 Å². The van der Waals surface area contributed by atoms with E-state index in [-0.39, 0.29) is 12.4 Å². The number of hydrogen-bond acceptors (Lipinski definition) is 3. The quantitative estimate of drug-likeness (QED) is 0.710. The second kappa shape index (κ2) is 8.00. The summed E-state index contributed by atoms with van der Waals surface area (Å²) in [5.74, 6) is -0.879. The van der Waals surface area contributed by atoms with E-state index in [0.717, 1.165) is 0 Å². The molecule has 1 aliphatic rings. The minimum atomic E-state index is -1.04. The first-order valence-electron chi connectivity index (χ1n) is 4.92. The van der Waals surface area contributed by atoms with Crippen LogP contribution in [0.3, 0.4) is 0 Å². The van der Waals surface area contributed by atoms with Crippen molar-refractivity contribution in [3.8, 4) is 0 Å². The number of carbonyl (C=O) groups is 1. The Balaban J connectivity index is 0.000000292. The lowest BCUT2D eigenvalue weighted by Gasteiger charge is -1.98. The van der Waals surface area contributed by atoms with Crippen molar-refractivity contribution in [1.82, 2.24) is 5.32 Å². The Hall–Kier alpha value is -1.17. The summed E-state index contributed by atoms with van der Waals surface area (Å²) in [6.45, 7) is 0.711. The highest BCUT2D eigenvalue weighted by Crippen LogP contribution is 2.01. The van der Waals surface area contributed by atoms with Crippen molar-refractivity contribution in [2.75, 3.05) is 13.1 Å². The molecule has 2 rings (SSSR count). The van der Waals surface area contributed by atoms with Gasteiger partial charge in [0, 0.05) is 13.1 Å². The molecule has 1 aliphatic heterocycles. The standard InChI is InChI=1S/C7H6O2.C4H8FNO.ClH/c8-7(9)6-4-2-1-3-5-6;5-3-1-6-2-4(3)7;/h1-5H,(H,8,9);3-4,6-7H,1-2H2;1H/t;3-,4-;/m.1./s1. The Kier molecular flexibility index (Phi) is 7.45. The van der Waals surface area contributed by atoms with Crippen LogP contribution in [0.5, 0.6) is 0 Å². The first kappa shape index (κ1) is 15.8. The van der Waals surface area contributed by atoms with Crippen LogP contribution >= 0.6 is 12.4 Å². The van der Waals surface area contributed by atoms with Gasteiger partial charge in [-0.2, -0.15) is 0 Å². The number of rotatable bonds is 1. The van der Waals surface area contributed by atoms with E-state index < -0.39 is 18.2 Å². The highest BCUT2D eigenvalue weighted by Gasteiger charge is 2.23. The minimum absolute atomic E-state index is 0. The summed E-state index contributed by atoms with van der Waals surface area (Å²) in [5.41, 5.74) is 0.331. The van der Waals surface area contributed by atoms with Crippen LogP contribution in [-0.2, 0) is 0 Å². The van der Waals surface area contributed by atoms with Gasteiger partial charge in [-0.1, -0.05) is 18.2 Å².